The standard InChI is InChI=1S/C48H87N3O6S3/c1-4-7-10-13-16-19-22-25-28-31-34-43(58)55-40-37-49-46(52)50(38-41-56-44(59)35-32-29-26-23-20-17-14-11-8-5-2)48(54)51(47(49)53)39-42-57-45(60)36-33-30-27-24-21-18-15-12-9-6-3/h4-42H2,1-3H3. The highest BCUT2D eigenvalue weighted by Gasteiger charge is 2.17. The molecule has 0 saturated carbocycles. The Kier molecular flexibility index (Phi) is 37.3. The molecule has 0 N–H and O–H groups in total. The van der Waals surface area contributed by atoms with E-state index in [0.717, 1.165) is 52.2 Å². The molecule has 348 valence electrons. The molecule has 0 atom stereocenters. The summed E-state index contributed by atoms with van der Waals surface area (Å²) in [7, 11) is 0. The Morgan fingerprint density at radius 2 is 0.517 bits per heavy atom. The normalized spacial score (nSPS) is 11.2. The third kappa shape index (κ3) is 29.4. The monoisotopic (exact) mass is 898 g/mol. The molecule has 1 rings (SSSR count). The predicted octanol–water partition coefficient (Wildman–Crippen LogP) is 13.1. The highest BCUT2D eigenvalue weighted by atomic mass is 32.1. The summed E-state index contributed by atoms with van der Waals surface area (Å²) in [6.45, 7) is 6.80. The number of hydrogen-bond acceptors (Lipinski definition) is 9. The average Bonchev–Trinajstić information content (AvgIpc) is 3.23. The summed E-state index contributed by atoms with van der Waals surface area (Å²) in [6.07, 6.45) is 39.1. The van der Waals surface area contributed by atoms with Gasteiger partial charge in [-0.25, -0.2) is 28.1 Å². The second kappa shape index (κ2) is 39.9. The number of thiocarbonyl (C=S) groups is 3. The number of rotatable bonds is 42. The van der Waals surface area contributed by atoms with Crippen LogP contribution in [-0.2, 0) is 33.8 Å². The molecule has 0 radical (unpaired) electrons. The van der Waals surface area contributed by atoms with Gasteiger partial charge in [-0.2, -0.15) is 0 Å². The van der Waals surface area contributed by atoms with Gasteiger partial charge in [0.1, 0.15) is 19.8 Å². The first-order valence-electron chi connectivity index (χ1n) is 24.7. The summed E-state index contributed by atoms with van der Waals surface area (Å²) in [6, 6.07) is 0. The maximum Gasteiger partial charge on any atom is 0.336 e. The molecule has 60 heavy (non-hydrogen) atoms. The Morgan fingerprint density at radius 3 is 0.717 bits per heavy atom. The topological polar surface area (TPSA) is 93.7 Å². The first-order chi connectivity index (χ1) is 29.3. The maximum absolute atomic E-state index is 13.6. The van der Waals surface area contributed by atoms with Gasteiger partial charge < -0.3 is 14.2 Å². The number of aromatic nitrogens is 3. The summed E-state index contributed by atoms with van der Waals surface area (Å²) in [4.78, 5) is 40.8. The Labute approximate surface area is 381 Å². The Balaban J connectivity index is 2.69. The van der Waals surface area contributed by atoms with Crippen molar-refractivity contribution in [1.82, 2.24) is 13.7 Å². The van der Waals surface area contributed by atoms with Crippen LogP contribution in [0.25, 0.3) is 0 Å². The van der Waals surface area contributed by atoms with Crippen LogP contribution in [0.3, 0.4) is 0 Å². The van der Waals surface area contributed by atoms with Gasteiger partial charge in [0.05, 0.1) is 19.6 Å². The highest BCUT2D eigenvalue weighted by Crippen LogP contribution is 2.14. The van der Waals surface area contributed by atoms with Gasteiger partial charge in [0.2, 0.25) is 0 Å². The summed E-state index contributed by atoms with van der Waals surface area (Å²) in [5.41, 5.74) is -2.11. The summed E-state index contributed by atoms with van der Waals surface area (Å²) in [5.74, 6) is 0. The summed E-state index contributed by atoms with van der Waals surface area (Å²) >= 11 is 16.4. The molecule has 0 amide bonds. The number of hydrogen-bond donors (Lipinski definition) is 0. The highest BCUT2D eigenvalue weighted by molar-refractivity contribution is 7.80. The van der Waals surface area contributed by atoms with E-state index < -0.39 is 17.1 Å². The van der Waals surface area contributed by atoms with Gasteiger partial charge in [-0.05, 0) is 55.9 Å². The minimum atomic E-state index is -0.702. The molecule has 0 bridgehead atoms. The molecule has 1 aromatic heterocycles. The van der Waals surface area contributed by atoms with Crippen molar-refractivity contribution in [3.05, 3.63) is 31.5 Å². The van der Waals surface area contributed by atoms with Gasteiger partial charge in [-0.1, -0.05) is 194 Å². The van der Waals surface area contributed by atoms with E-state index in [4.69, 9.17) is 50.9 Å². The molecule has 0 aromatic carbocycles. The lowest BCUT2D eigenvalue weighted by molar-refractivity contribution is 0.247. The Morgan fingerprint density at radius 1 is 0.333 bits per heavy atom. The molecule has 0 unspecified atom stereocenters. The van der Waals surface area contributed by atoms with Crippen LogP contribution in [0.15, 0.2) is 14.4 Å². The molecule has 0 saturated heterocycles. The minimum Gasteiger partial charge on any atom is -0.485 e. The lowest BCUT2D eigenvalue weighted by Gasteiger charge is -2.15. The van der Waals surface area contributed by atoms with Crippen molar-refractivity contribution in [2.45, 2.75) is 252 Å². The van der Waals surface area contributed by atoms with Crippen molar-refractivity contribution in [1.29, 1.82) is 0 Å². The largest absolute Gasteiger partial charge is 0.485 e. The van der Waals surface area contributed by atoms with Gasteiger partial charge in [0.25, 0.3) is 0 Å². The average molecular weight is 898 g/mol. The van der Waals surface area contributed by atoms with Crippen molar-refractivity contribution in [3.8, 4) is 0 Å². The molecule has 9 nitrogen and oxygen atoms in total. The van der Waals surface area contributed by atoms with Gasteiger partial charge in [0.15, 0.2) is 15.2 Å². The van der Waals surface area contributed by atoms with Gasteiger partial charge in [-0.3, -0.25) is 0 Å². The van der Waals surface area contributed by atoms with Crippen molar-refractivity contribution >= 4 is 51.8 Å². The van der Waals surface area contributed by atoms with Crippen LogP contribution in [-0.4, -0.2) is 48.7 Å². The molecule has 0 aliphatic heterocycles. The molecule has 0 aliphatic carbocycles. The Bertz CT molecular complexity index is 1230. The van der Waals surface area contributed by atoms with Crippen LogP contribution in [0.1, 0.15) is 233 Å². The van der Waals surface area contributed by atoms with E-state index in [2.05, 4.69) is 20.8 Å². The third-order valence-electron chi connectivity index (χ3n) is 11.3. The van der Waals surface area contributed by atoms with Crippen LogP contribution in [0.2, 0.25) is 0 Å². The van der Waals surface area contributed by atoms with Crippen molar-refractivity contribution in [2.24, 2.45) is 0 Å². The maximum atomic E-state index is 13.6. The summed E-state index contributed by atoms with van der Waals surface area (Å²) in [5, 5.41) is 1.43. The molecule has 1 heterocycles. The van der Waals surface area contributed by atoms with Gasteiger partial charge >= 0.3 is 17.1 Å². The van der Waals surface area contributed by atoms with E-state index in [-0.39, 0.29) is 39.5 Å². The van der Waals surface area contributed by atoms with E-state index >= 15 is 0 Å². The van der Waals surface area contributed by atoms with E-state index in [1.807, 2.05) is 0 Å². The second-order valence-electron chi connectivity index (χ2n) is 16.8. The lowest BCUT2D eigenvalue weighted by atomic mass is 10.1. The molecule has 12 heteroatoms. The molecule has 0 fully saturated rings. The zero-order chi connectivity index (χ0) is 43.9. The van der Waals surface area contributed by atoms with Gasteiger partial charge in [-0.15, -0.1) is 0 Å². The number of unbranched alkanes of at least 4 members (excludes halogenated alkanes) is 27. The summed E-state index contributed by atoms with van der Waals surface area (Å²) < 4.78 is 20.6. The predicted molar refractivity (Wildman–Crippen MR) is 264 cm³/mol. The first-order valence-corrected chi connectivity index (χ1v) is 25.9. The molecular formula is C48H87N3O6S3. The van der Waals surface area contributed by atoms with Crippen LogP contribution in [0, 0.1) is 0 Å². The molecule has 0 spiro atoms. The van der Waals surface area contributed by atoms with Crippen LogP contribution in [0.4, 0.5) is 0 Å². The van der Waals surface area contributed by atoms with Crippen molar-refractivity contribution < 1.29 is 14.2 Å². The molecule has 0 aliphatic rings. The van der Waals surface area contributed by atoms with Crippen molar-refractivity contribution in [3.63, 3.8) is 0 Å². The smallest absolute Gasteiger partial charge is 0.336 e. The van der Waals surface area contributed by atoms with Crippen LogP contribution in [0.5, 0.6) is 0 Å². The molecular weight excluding hydrogens is 811 g/mol. The van der Waals surface area contributed by atoms with E-state index in [1.54, 1.807) is 0 Å². The van der Waals surface area contributed by atoms with E-state index in [0.29, 0.717) is 34.4 Å². The van der Waals surface area contributed by atoms with Crippen LogP contribution >= 0.6 is 36.7 Å². The number of nitrogens with zero attached hydrogens (tertiary/aromatic N) is 3. The fraction of sp³-hybridized carbons (Fsp3) is 0.875. The number of ether oxygens (including phenoxy) is 3. The van der Waals surface area contributed by atoms with Gasteiger partial charge in [0, 0.05) is 19.3 Å². The van der Waals surface area contributed by atoms with Crippen LogP contribution < -0.4 is 17.1 Å². The second-order valence-corrected chi connectivity index (χ2v) is 18.1. The molecule has 1 aromatic rings. The fourth-order valence-corrected chi connectivity index (χ4v) is 8.18. The minimum absolute atomic E-state index is 0.0356. The van der Waals surface area contributed by atoms with Crippen molar-refractivity contribution in [2.75, 3.05) is 19.8 Å². The zero-order valence-electron chi connectivity index (χ0n) is 38.6. The zero-order valence-corrected chi connectivity index (χ0v) is 41.0. The fourth-order valence-electron chi connectivity index (χ4n) is 7.50. The SMILES string of the molecule is CCCCCCCCCCCCC(=S)OCCn1c(=O)n(CCOC(=S)CCCCCCCCCCCC)c(=O)n(CCOC(=S)CCCCCCCCCCCC)c1=O. The van der Waals surface area contributed by atoms with E-state index in [9.17, 15) is 14.4 Å². The lowest BCUT2D eigenvalue weighted by Crippen LogP contribution is -2.55. The Hall–Kier alpha value is -1.92. The quantitative estimate of drug-likeness (QED) is 0.0470. The first kappa shape index (κ1) is 56.1. The third-order valence-corrected chi connectivity index (χ3v) is 12.3. The van der Waals surface area contributed by atoms with E-state index in [1.165, 1.54) is 154 Å².